The van der Waals surface area contributed by atoms with Gasteiger partial charge in [-0.3, -0.25) is 14.6 Å². The molecule has 28 heavy (non-hydrogen) atoms. The van der Waals surface area contributed by atoms with Gasteiger partial charge in [-0.15, -0.1) is 0 Å². The molecule has 2 aromatic rings. The molecule has 144 valence electrons. The van der Waals surface area contributed by atoms with Crippen LogP contribution in [-0.2, 0) is 16.1 Å². The maximum Gasteiger partial charge on any atom is 0.263 e. The van der Waals surface area contributed by atoms with Crippen molar-refractivity contribution >= 4 is 29.1 Å². The molecule has 0 aliphatic carbocycles. The predicted octanol–water partition coefficient (Wildman–Crippen LogP) is 3.46. The van der Waals surface area contributed by atoms with E-state index in [0.29, 0.717) is 23.0 Å². The van der Waals surface area contributed by atoms with Crippen molar-refractivity contribution in [1.29, 1.82) is 0 Å². The molecule has 1 fully saturated rings. The van der Waals surface area contributed by atoms with Crippen LogP contribution < -0.4 is 9.64 Å². The second kappa shape index (κ2) is 6.91. The van der Waals surface area contributed by atoms with Gasteiger partial charge < -0.3 is 4.74 Å². The highest BCUT2D eigenvalue weighted by Crippen LogP contribution is 2.36. The Kier molecular flexibility index (Phi) is 4.55. The van der Waals surface area contributed by atoms with Crippen LogP contribution >= 0.6 is 11.6 Å². The number of fused-ring (bicyclic) bond motifs is 1. The number of carbonyl (C=O) groups excluding carboxylic acids is 2. The number of hydrogen-bond donors (Lipinski definition) is 0. The van der Waals surface area contributed by atoms with Crippen molar-refractivity contribution in [1.82, 2.24) is 5.01 Å². The van der Waals surface area contributed by atoms with E-state index in [0.717, 1.165) is 21.6 Å². The van der Waals surface area contributed by atoms with Gasteiger partial charge in [0.25, 0.3) is 11.8 Å². The van der Waals surface area contributed by atoms with E-state index in [4.69, 9.17) is 16.3 Å². The average molecular weight is 399 g/mol. The third-order valence-corrected chi connectivity index (χ3v) is 5.38. The lowest BCUT2D eigenvalue weighted by atomic mass is 10.0. The van der Waals surface area contributed by atoms with Crippen LogP contribution in [-0.4, -0.2) is 36.0 Å². The molecule has 2 aliphatic rings. The first kappa shape index (κ1) is 18.4. The highest BCUT2D eigenvalue weighted by atomic mass is 35.5. The van der Waals surface area contributed by atoms with Gasteiger partial charge in [-0.05, 0) is 43.2 Å². The minimum Gasteiger partial charge on any atom is -0.495 e. The van der Waals surface area contributed by atoms with Crippen LogP contribution in [0.2, 0.25) is 5.02 Å². The minimum absolute atomic E-state index is 0.325. The van der Waals surface area contributed by atoms with E-state index in [1.807, 2.05) is 26.0 Å². The van der Waals surface area contributed by atoms with Gasteiger partial charge in [0.1, 0.15) is 5.75 Å². The topological polar surface area (TPSA) is 74.6 Å². The van der Waals surface area contributed by atoms with E-state index in [1.165, 1.54) is 7.11 Å². The minimum atomic E-state index is -0.835. The second-order valence-electron chi connectivity index (χ2n) is 6.95. The molecule has 2 heterocycles. The lowest BCUT2D eigenvalue weighted by Gasteiger charge is -2.22. The Morgan fingerprint density at radius 3 is 2.61 bits per heavy atom. The normalized spacial score (nSPS) is 20.9. The maximum atomic E-state index is 13.1. The molecule has 2 aliphatic heterocycles. The quantitative estimate of drug-likeness (QED) is 0.739. The van der Waals surface area contributed by atoms with E-state index in [-0.39, 0.29) is 5.91 Å². The van der Waals surface area contributed by atoms with Gasteiger partial charge in [-0.2, -0.15) is 5.11 Å². The number of anilines is 1. The van der Waals surface area contributed by atoms with Crippen molar-refractivity contribution in [2.75, 3.05) is 12.0 Å². The standard InChI is InChI=1S/C20H19ClN4O3/c1-11-4-5-12(2)13(8-11)10-24-18-17(22-23-24)19(26)25(20(18)27)14-6-7-16(28-3)15(21)9-14/h4-9,17-18H,10H2,1-3H3/t17-,18+/m1/s1. The van der Waals surface area contributed by atoms with Crippen LogP contribution in [0.25, 0.3) is 0 Å². The molecular formula is C20H19ClN4O3. The monoisotopic (exact) mass is 398 g/mol. The van der Waals surface area contributed by atoms with Crippen LogP contribution in [0.15, 0.2) is 46.7 Å². The van der Waals surface area contributed by atoms with E-state index < -0.39 is 18.0 Å². The van der Waals surface area contributed by atoms with Crippen molar-refractivity contribution in [3.63, 3.8) is 0 Å². The number of halogens is 1. The van der Waals surface area contributed by atoms with Gasteiger partial charge in [0, 0.05) is 0 Å². The first-order valence-electron chi connectivity index (χ1n) is 8.85. The fraction of sp³-hybridized carbons (Fsp3) is 0.300. The molecule has 8 heteroatoms. The predicted molar refractivity (Wildman–Crippen MR) is 104 cm³/mol. The molecule has 0 saturated carbocycles. The van der Waals surface area contributed by atoms with Crippen LogP contribution in [0.5, 0.6) is 5.75 Å². The zero-order valence-electron chi connectivity index (χ0n) is 15.7. The summed E-state index contributed by atoms with van der Waals surface area (Å²) in [4.78, 5) is 27.1. The van der Waals surface area contributed by atoms with Crippen LogP contribution in [0.3, 0.4) is 0 Å². The Morgan fingerprint density at radius 2 is 1.89 bits per heavy atom. The molecule has 0 spiro atoms. The molecular weight excluding hydrogens is 380 g/mol. The first-order chi connectivity index (χ1) is 13.4. The smallest absolute Gasteiger partial charge is 0.263 e. The Labute approximate surface area is 167 Å². The third-order valence-electron chi connectivity index (χ3n) is 5.09. The lowest BCUT2D eigenvalue weighted by molar-refractivity contribution is -0.123. The molecule has 2 atom stereocenters. The molecule has 7 nitrogen and oxygen atoms in total. The molecule has 0 radical (unpaired) electrons. The molecule has 0 N–H and O–H groups in total. The van der Waals surface area contributed by atoms with Gasteiger partial charge in [-0.1, -0.05) is 40.6 Å². The van der Waals surface area contributed by atoms with E-state index >= 15 is 0 Å². The number of nitrogens with zero attached hydrogens (tertiary/aromatic N) is 4. The molecule has 0 aromatic heterocycles. The number of methoxy groups -OCH3 is 1. The van der Waals surface area contributed by atoms with Crippen molar-refractivity contribution in [3.8, 4) is 5.75 Å². The van der Waals surface area contributed by atoms with Gasteiger partial charge in [-0.25, -0.2) is 4.90 Å². The summed E-state index contributed by atoms with van der Waals surface area (Å²) in [5, 5.41) is 10.1. The molecule has 1 saturated heterocycles. The highest BCUT2D eigenvalue weighted by molar-refractivity contribution is 6.33. The van der Waals surface area contributed by atoms with Gasteiger partial charge in [0.05, 0.1) is 24.4 Å². The third kappa shape index (κ3) is 2.92. The highest BCUT2D eigenvalue weighted by Gasteiger charge is 2.54. The first-order valence-corrected chi connectivity index (χ1v) is 9.23. The zero-order chi connectivity index (χ0) is 20.0. The number of carbonyl (C=O) groups is 2. The summed E-state index contributed by atoms with van der Waals surface area (Å²) in [5.74, 6) is -0.282. The summed E-state index contributed by atoms with van der Waals surface area (Å²) in [6, 6.07) is 9.35. The number of amides is 2. The molecule has 0 unspecified atom stereocenters. The summed E-state index contributed by atoms with van der Waals surface area (Å²) in [5.41, 5.74) is 3.67. The van der Waals surface area contributed by atoms with Crippen LogP contribution in [0, 0.1) is 13.8 Å². The summed E-state index contributed by atoms with van der Waals surface area (Å²) in [6.45, 7) is 4.43. The maximum absolute atomic E-state index is 13.1. The van der Waals surface area contributed by atoms with Crippen LogP contribution in [0.1, 0.15) is 16.7 Å². The largest absolute Gasteiger partial charge is 0.495 e. The fourth-order valence-corrected chi connectivity index (χ4v) is 3.80. The Balaban J connectivity index is 1.62. The van der Waals surface area contributed by atoms with E-state index in [9.17, 15) is 9.59 Å². The second-order valence-corrected chi connectivity index (χ2v) is 7.36. The molecule has 2 aromatic carbocycles. The molecule has 4 rings (SSSR count). The Bertz CT molecular complexity index is 1010. The number of hydrogen-bond acceptors (Lipinski definition) is 6. The number of aryl methyl sites for hydroxylation is 2. The van der Waals surface area contributed by atoms with E-state index in [1.54, 1.807) is 23.2 Å². The molecule has 2 amide bonds. The number of rotatable bonds is 4. The number of benzene rings is 2. The van der Waals surface area contributed by atoms with Crippen molar-refractivity contribution < 1.29 is 14.3 Å². The Hall–Kier alpha value is -2.93. The SMILES string of the molecule is COc1ccc(N2C(=O)[C@@H]3[C@@H](N=NN3Cc3cc(C)ccc3C)C2=O)cc1Cl. The number of imide groups is 1. The summed E-state index contributed by atoms with van der Waals surface area (Å²) < 4.78 is 5.13. The number of ether oxygens (including phenoxy) is 1. The van der Waals surface area contributed by atoms with Gasteiger partial charge in [0.2, 0.25) is 0 Å². The van der Waals surface area contributed by atoms with Crippen molar-refractivity contribution in [3.05, 3.63) is 58.1 Å². The zero-order valence-corrected chi connectivity index (χ0v) is 16.5. The van der Waals surface area contributed by atoms with Crippen molar-refractivity contribution in [2.45, 2.75) is 32.5 Å². The van der Waals surface area contributed by atoms with E-state index in [2.05, 4.69) is 16.4 Å². The fourth-order valence-electron chi connectivity index (χ4n) is 3.55. The molecule has 0 bridgehead atoms. The lowest BCUT2D eigenvalue weighted by Crippen LogP contribution is -2.39. The van der Waals surface area contributed by atoms with Gasteiger partial charge >= 0.3 is 0 Å². The Morgan fingerprint density at radius 1 is 1.11 bits per heavy atom. The van der Waals surface area contributed by atoms with Crippen LogP contribution in [0.4, 0.5) is 5.69 Å². The summed E-state index contributed by atoms with van der Waals surface area (Å²) in [6.07, 6.45) is 0. The average Bonchev–Trinajstić information content (AvgIpc) is 3.18. The van der Waals surface area contributed by atoms with Gasteiger partial charge in [0.15, 0.2) is 12.1 Å². The van der Waals surface area contributed by atoms with Crippen molar-refractivity contribution in [2.24, 2.45) is 10.3 Å². The summed E-state index contributed by atoms with van der Waals surface area (Å²) >= 11 is 6.17. The summed E-state index contributed by atoms with van der Waals surface area (Å²) in [7, 11) is 1.50.